The van der Waals surface area contributed by atoms with Crippen LogP contribution in [-0.2, 0) is 0 Å². The molecule has 0 aliphatic carbocycles. The number of aliphatic hydroxyl groups excluding tert-OH is 1. The minimum atomic E-state index is -0.492. The number of hydrogen-bond donors (Lipinski definition) is 2. The van der Waals surface area contributed by atoms with Crippen molar-refractivity contribution in [2.75, 3.05) is 13.2 Å². The summed E-state index contributed by atoms with van der Waals surface area (Å²) < 4.78 is 5.60. The molecule has 0 saturated carbocycles. The summed E-state index contributed by atoms with van der Waals surface area (Å²) in [6.07, 6.45) is -0.492. The third-order valence-electron chi connectivity index (χ3n) is 3.44. The van der Waals surface area contributed by atoms with Crippen molar-refractivity contribution in [1.82, 2.24) is 5.32 Å². The van der Waals surface area contributed by atoms with Crippen molar-refractivity contribution in [3.63, 3.8) is 0 Å². The minimum Gasteiger partial charge on any atom is -0.491 e. The predicted molar refractivity (Wildman–Crippen MR) is 74.1 cm³/mol. The summed E-state index contributed by atoms with van der Waals surface area (Å²) in [6.45, 7) is 1.15. The lowest BCUT2D eigenvalue weighted by atomic mass is 10.1. The number of ether oxygens (including phenoxy) is 1. The van der Waals surface area contributed by atoms with Crippen molar-refractivity contribution in [3.8, 4) is 5.75 Å². The number of fused-ring (bicyclic) bond motifs is 1. The molecule has 0 spiro atoms. The molecular weight excluding hydrogens is 238 g/mol. The highest BCUT2D eigenvalue weighted by Gasteiger charge is 2.23. The van der Waals surface area contributed by atoms with Gasteiger partial charge in [0.15, 0.2) is 0 Å². The van der Waals surface area contributed by atoms with Gasteiger partial charge in [0.25, 0.3) is 0 Å². The Hall–Kier alpha value is -1.84. The lowest BCUT2D eigenvalue weighted by Crippen LogP contribution is -2.27. The second kappa shape index (κ2) is 5.43. The maximum Gasteiger partial charge on any atom is 0.124 e. The number of hydrogen-bond acceptors (Lipinski definition) is 3. The van der Waals surface area contributed by atoms with Crippen LogP contribution in [0, 0.1) is 0 Å². The summed E-state index contributed by atoms with van der Waals surface area (Å²) in [6, 6.07) is 17.9. The van der Waals surface area contributed by atoms with Gasteiger partial charge in [0.2, 0.25) is 0 Å². The highest BCUT2D eigenvalue weighted by molar-refractivity contribution is 5.39. The molecule has 0 amide bonds. The first kappa shape index (κ1) is 12.2. The van der Waals surface area contributed by atoms with Crippen LogP contribution in [0.4, 0.5) is 0 Å². The van der Waals surface area contributed by atoms with Crippen molar-refractivity contribution >= 4 is 0 Å². The largest absolute Gasteiger partial charge is 0.491 e. The number of rotatable bonds is 4. The maximum absolute atomic E-state index is 10.1. The van der Waals surface area contributed by atoms with E-state index in [9.17, 15) is 5.11 Å². The molecule has 2 aromatic carbocycles. The molecule has 0 saturated heterocycles. The first-order chi connectivity index (χ1) is 9.34. The molecule has 19 heavy (non-hydrogen) atoms. The van der Waals surface area contributed by atoms with Crippen molar-refractivity contribution in [2.24, 2.45) is 0 Å². The normalized spacial score (nSPS) is 18.7. The summed E-state index contributed by atoms with van der Waals surface area (Å²) in [5, 5.41) is 13.5. The van der Waals surface area contributed by atoms with E-state index < -0.39 is 6.10 Å². The Labute approximate surface area is 112 Å². The summed E-state index contributed by atoms with van der Waals surface area (Å²) in [4.78, 5) is 0. The van der Waals surface area contributed by atoms with Gasteiger partial charge in [0.05, 0.1) is 12.1 Å². The van der Waals surface area contributed by atoms with Crippen LogP contribution in [0.15, 0.2) is 54.6 Å². The fourth-order valence-electron chi connectivity index (χ4n) is 2.38. The van der Waals surface area contributed by atoms with E-state index in [1.54, 1.807) is 0 Å². The standard InChI is InChI=1S/C16H17NO2/c18-15(12-6-2-1-3-7-12)10-17-14-11-19-16-9-5-4-8-13(14)16/h1-9,14-15,17-18H,10-11H2. The Morgan fingerprint density at radius 1 is 1.11 bits per heavy atom. The Bertz CT molecular complexity index is 541. The molecular formula is C16H17NO2. The molecule has 3 rings (SSSR count). The minimum absolute atomic E-state index is 0.162. The maximum atomic E-state index is 10.1. The molecule has 1 aliphatic rings. The van der Waals surface area contributed by atoms with Gasteiger partial charge in [-0.3, -0.25) is 0 Å². The third kappa shape index (κ3) is 2.62. The quantitative estimate of drug-likeness (QED) is 0.881. The number of para-hydroxylation sites is 1. The molecule has 2 atom stereocenters. The van der Waals surface area contributed by atoms with Crippen molar-refractivity contribution in [3.05, 3.63) is 65.7 Å². The Morgan fingerprint density at radius 3 is 2.68 bits per heavy atom. The van der Waals surface area contributed by atoms with E-state index in [4.69, 9.17) is 4.74 Å². The highest BCUT2D eigenvalue weighted by Crippen LogP contribution is 2.31. The fourth-order valence-corrected chi connectivity index (χ4v) is 2.38. The molecule has 2 N–H and O–H groups in total. The van der Waals surface area contributed by atoms with Crippen LogP contribution in [0.25, 0.3) is 0 Å². The van der Waals surface area contributed by atoms with Gasteiger partial charge < -0.3 is 15.2 Å². The highest BCUT2D eigenvalue weighted by atomic mass is 16.5. The zero-order valence-electron chi connectivity index (χ0n) is 10.6. The SMILES string of the molecule is OC(CNC1COc2ccccc21)c1ccccc1. The third-order valence-corrected chi connectivity index (χ3v) is 3.44. The van der Waals surface area contributed by atoms with Crippen LogP contribution in [-0.4, -0.2) is 18.3 Å². The molecule has 0 fully saturated rings. The second-order valence-electron chi connectivity index (χ2n) is 4.74. The van der Waals surface area contributed by atoms with Gasteiger partial charge in [0, 0.05) is 12.1 Å². The summed E-state index contributed by atoms with van der Waals surface area (Å²) in [7, 11) is 0. The first-order valence-corrected chi connectivity index (χ1v) is 6.53. The van der Waals surface area contributed by atoms with E-state index in [1.807, 2.05) is 48.5 Å². The van der Waals surface area contributed by atoms with Gasteiger partial charge >= 0.3 is 0 Å². The molecule has 2 aromatic rings. The molecule has 3 nitrogen and oxygen atoms in total. The molecule has 1 heterocycles. The average Bonchev–Trinajstić information content (AvgIpc) is 2.89. The van der Waals surface area contributed by atoms with Gasteiger partial charge in [-0.2, -0.15) is 0 Å². The van der Waals surface area contributed by atoms with Crippen LogP contribution in [0.1, 0.15) is 23.3 Å². The molecule has 0 aromatic heterocycles. The zero-order valence-corrected chi connectivity index (χ0v) is 10.6. The number of nitrogens with one attached hydrogen (secondary N) is 1. The lowest BCUT2D eigenvalue weighted by Gasteiger charge is -2.16. The summed E-state index contributed by atoms with van der Waals surface area (Å²) in [5.41, 5.74) is 2.10. The van der Waals surface area contributed by atoms with E-state index in [0.29, 0.717) is 13.2 Å². The van der Waals surface area contributed by atoms with Crippen LogP contribution >= 0.6 is 0 Å². The van der Waals surface area contributed by atoms with E-state index >= 15 is 0 Å². The topological polar surface area (TPSA) is 41.5 Å². The van der Waals surface area contributed by atoms with E-state index in [1.165, 1.54) is 5.56 Å². The molecule has 0 radical (unpaired) electrons. The second-order valence-corrected chi connectivity index (χ2v) is 4.74. The van der Waals surface area contributed by atoms with Gasteiger partial charge in [-0.1, -0.05) is 48.5 Å². The molecule has 0 bridgehead atoms. The van der Waals surface area contributed by atoms with Crippen molar-refractivity contribution < 1.29 is 9.84 Å². The van der Waals surface area contributed by atoms with E-state index in [-0.39, 0.29) is 6.04 Å². The van der Waals surface area contributed by atoms with Crippen LogP contribution in [0.5, 0.6) is 5.75 Å². The summed E-state index contributed by atoms with van der Waals surface area (Å²) >= 11 is 0. The van der Waals surface area contributed by atoms with Gasteiger partial charge in [-0.25, -0.2) is 0 Å². The monoisotopic (exact) mass is 255 g/mol. The van der Waals surface area contributed by atoms with E-state index in [2.05, 4.69) is 11.4 Å². The predicted octanol–water partition coefficient (Wildman–Crippen LogP) is 2.44. The van der Waals surface area contributed by atoms with Crippen LogP contribution in [0.3, 0.4) is 0 Å². The number of aliphatic hydroxyl groups is 1. The van der Waals surface area contributed by atoms with Crippen molar-refractivity contribution in [1.29, 1.82) is 0 Å². The van der Waals surface area contributed by atoms with E-state index in [0.717, 1.165) is 11.3 Å². The molecule has 2 unspecified atom stereocenters. The summed E-state index contributed by atoms with van der Waals surface area (Å²) in [5.74, 6) is 0.939. The molecule has 3 heteroatoms. The van der Waals surface area contributed by atoms with Gasteiger partial charge in [-0.15, -0.1) is 0 Å². The smallest absolute Gasteiger partial charge is 0.124 e. The molecule has 1 aliphatic heterocycles. The Kier molecular flexibility index (Phi) is 3.49. The fraction of sp³-hybridized carbons (Fsp3) is 0.250. The van der Waals surface area contributed by atoms with Gasteiger partial charge in [0.1, 0.15) is 12.4 Å². The van der Waals surface area contributed by atoms with Crippen LogP contribution < -0.4 is 10.1 Å². The lowest BCUT2D eigenvalue weighted by molar-refractivity contribution is 0.166. The Balaban J connectivity index is 1.62. The first-order valence-electron chi connectivity index (χ1n) is 6.53. The Morgan fingerprint density at radius 2 is 1.84 bits per heavy atom. The van der Waals surface area contributed by atoms with Gasteiger partial charge in [-0.05, 0) is 11.6 Å². The molecule has 98 valence electrons. The van der Waals surface area contributed by atoms with Crippen LogP contribution in [0.2, 0.25) is 0 Å². The average molecular weight is 255 g/mol. The number of benzene rings is 2. The zero-order chi connectivity index (χ0) is 13.1. The van der Waals surface area contributed by atoms with Crippen molar-refractivity contribution in [2.45, 2.75) is 12.1 Å².